The number of hydrogen-bond donors (Lipinski definition) is 0. The van der Waals surface area contributed by atoms with Crippen LogP contribution in [0.25, 0.3) is 0 Å². The lowest BCUT2D eigenvalue weighted by atomic mass is 10.2. The SMILES string of the molecule is Fc1ccccc1Oc1cc(C(F)(F)F)nc(SCc2ccccc2Cl)n1. The minimum atomic E-state index is -4.70. The summed E-state index contributed by atoms with van der Waals surface area (Å²) in [5.74, 6) is -1.08. The molecule has 0 saturated carbocycles. The van der Waals surface area contributed by atoms with Crippen LogP contribution in [0, 0.1) is 5.82 Å². The Bertz CT molecular complexity index is 953. The van der Waals surface area contributed by atoms with Crippen LogP contribution in [0.15, 0.2) is 59.8 Å². The molecule has 3 nitrogen and oxygen atoms in total. The van der Waals surface area contributed by atoms with Crippen LogP contribution in [-0.2, 0) is 11.9 Å². The molecule has 0 N–H and O–H groups in total. The molecule has 0 atom stereocenters. The summed E-state index contributed by atoms with van der Waals surface area (Å²) in [6, 6.07) is 12.9. The van der Waals surface area contributed by atoms with Crippen LogP contribution >= 0.6 is 23.4 Å². The number of alkyl halides is 3. The number of para-hydroxylation sites is 1. The molecule has 140 valence electrons. The standard InChI is InChI=1S/C18H11ClF4N2OS/c19-12-6-2-1-5-11(12)10-27-17-24-15(18(21,22)23)9-16(25-17)26-14-8-4-3-7-13(14)20/h1-9H,10H2. The number of rotatable bonds is 5. The molecule has 0 aliphatic rings. The molecule has 0 aliphatic heterocycles. The van der Waals surface area contributed by atoms with Crippen LogP contribution in [0.5, 0.6) is 11.6 Å². The van der Waals surface area contributed by atoms with Gasteiger partial charge in [0.25, 0.3) is 0 Å². The highest BCUT2D eigenvalue weighted by molar-refractivity contribution is 7.98. The number of halogens is 5. The predicted molar refractivity (Wildman–Crippen MR) is 94.5 cm³/mol. The van der Waals surface area contributed by atoms with E-state index in [0.29, 0.717) is 11.1 Å². The first-order chi connectivity index (χ1) is 12.8. The fraction of sp³-hybridized carbons (Fsp3) is 0.111. The Morgan fingerprint density at radius 3 is 2.41 bits per heavy atom. The predicted octanol–water partition coefficient (Wildman–Crippen LogP) is 6.37. The van der Waals surface area contributed by atoms with Crippen LogP contribution in [-0.4, -0.2) is 9.97 Å². The summed E-state index contributed by atoms with van der Waals surface area (Å²) in [4.78, 5) is 7.47. The summed E-state index contributed by atoms with van der Waals surface area (Å²) >= 11 is 7.02. The molecule has 9 heteroatoms. The first kappa shape index (κ1) is 19.4. The average molecular weight is 415 g/mol. The molecule has 0 fully saturated rings. The van der Waals surface area contributed by atoms with Crippen molar-refractivity contribution in [2.75, 3.05) is 0 Å². The topological polar surface area (TPSA) is 35.0 Å². The van der Waals surface area contributed by atoms with Crippen molar-refractivity contribution < 1.29 is 22.3 Å². The third-order valence-corrected chi connectivity index (χ3v) is 4.60. The van der Waals surface area contributed by atoms with Crippen LogP contribution < -0.4 is 4.74 Å². The van der Waals surface area contributed by atoms with Crippen LogP contribution in [0.1, 0.15) is 11.3 Å². The molecule has 0 unspecified atom stereocenters. The largest absolute Gasteiger partial charge is 0.436 e. The second kappa shape index (κ2) is 8.14. The molecule has 3 aromatic rings. The number of hydrogen-bond acceptors (Lipinski definition) is 4. The maximum atomic E-state index is 13.7. The summed E-state index contributed by atoms with van der Waals surface area (Å²) in [5, 5.41) is 0.330. The van der Waals surface area contributed by atoms with Crippen molar-refractivity contribution in [1.82, 2.24) is 9.97 Å². The number of aromatic nitrogens is 2. The molecule has 0 saturated heterocycles. The molecule has 0 spiro atoms. The van der Waals surface area contributed by atoms with E-state index in [0.717, 1.165) is 23.4 Å². The molecule has 2 aromatic carbocycles. The Morgan fingerprint density at radius 2 is 1.70 bits per heavy atom. The number of ether oxygens (including phenoxy) is 1. The van der Waals surface area contributed by atoms with Gasteiger partial charge in [-0.25, -0.2) is 9.37 Å². The van der Waals surface area contributed by atoms with Crippen molar-refractivity contribution in [2.45, 2.75) is 17.1 Å². The van der Waals surface area contributed by atoms with Crippen molar-refractivity contribution in [3.05, 3.63) is 76.7 Å². The Balaban J connectivity index is 1.89. The molecule has 0 amide bonds. The van der Waals surface area contributed by atoms with E-state index in [9.17, 15) is 17.6 Å². The molecule has 3 rings (SSSR count). The highest BCUT2D eigenvalue weighted by Crippen LogP contribution is 2.34. The maximum Gasteiger partial charge on any atom is 0.433 e. The minimum Gasteiger partial charge on any atom is -0.436 e. The van der Waals surface area contributed by atoms with Gasteiger partial charge in [-0.05, 0) is 23.8 Å². The molecule has 27 heavy (non-hydrogen) atoms. The third-order valence-electron chi connectivity index (χ3n) is 3.34. The number of thioether (sulfide) groups is 1. The van der Waals surface area contributed by atoms with E-state index in [1.807, 2.05) is 0 Å². The molecule has 0 aliphatic carbocycles. The van der Waals surface area contributed by atoms with Gasteiger partial charge in [-0.3, -0.25) is 0 Å². The Morgan fingerprint density at radius 1 is 1.00 bits per heavy atom. The summed E-state index contributed by atoms with van der Waals surface area (Å²) < 4.78 is 58.3. The fourth-order valence-electron chi connectivity index (χ4n) is 2.06. The van der Waals surface area contributed by atoms with Gasteiger partial charge < -0.3 is 4.74 Å². The lowest BCUT2D eigenvalue weighted by molar-refractivity contribution is -0.141. The molecule has 1 aromatic heterocycles. The monoisotopic (exact) mass is 414 g/mol. The van der Waals surface area contributed by atoms with Gasteiger partial charge in [-0.15, -0.1) is 0 Å². The quantitative estimate of drug-likeness (QED) is 0.276. The number of nitrogens with zero attached hydrogens (tertiary/aromatic N) is 2. The molecular weight excluding hydrogens is 404 g/mol. The van der Waals surface area contributed by atoms with E-state index < -0.39 is 23.6 Å². The average Bonchev–Trinajstić information content (AvgIpc) is 2.62. The van der Waals surface area contributed by atoms with Crippen molar-refractivity contribution >= 4 is 23.4 Å². The summed E-state index contributed by atoms with van der Waals surface area (Å²) in [5.41, 5.74) is -0.452. The van der Waals surface area contributed by atoms with Gasteiger partial charge in [-0.1, -0.05) is 53.7 Å². The van der Waals surface area contributed by atoms with Crippen molar-refractivity contribution in [2.24, 2.45) is 0 Å². The smallest absolute Gasteiger partial charge is 0.433 e. The minimum absolute atomic E-state index is 0.156. The van der Waals surface area contributed by atoms with E-state index in [4.69, 9.17) is 16.3 Å². The van der Waals surface area contributed by atoms with Crippen LogP contribution in [0.4, 0.5) is 17.6 Å². The zero-order valence-electron chi connectivity index (χ0n) is 13.5. The van der Waals surface area contributed by atoms with E-state index in [-0.39, 0.29) is 16.7 Å². The highest BCUT2D eigenvalue weighted by atomic mass is 35.5. The number of benzene rings is 2. The fourth-order valence-corrected chi connectivity index (χ4v) is 3.20. The van der Waals surface area contributed by atoms with Crippen LogP contribution in [0.3, 0.4) is 0 Å². The lowest BCUT2D eigenvalue weighted by Crippen LogP contribution is -2.10. The van der Waals surface area contributed by atoms with Gasteiger partial charge in [-0.2, -0.15) is 18.2 Å². The maximum absolute atomic E-state index is 13.7. The van der Waals surface area contributed by atoms with Crippen LogP contribution in [0.2, 0.25) is 5.02 Å². The van der Waals surface area contributed by atoms with Crippen molar-refractivity contribution in [1.29, 1.82) is 0 Å². The normalized spacial score (nSPS) is 11.4. The summed E-state index contributed by atoms with van der Waals surface area (Å²) in [6.45, 7) is 0. The molecule has 0 bridgehead atoms. The summed E-state index contributed by atoms with van der Waals surface area (Å²) in [7, 11) is 0. The first-order valence-corrected chi connectivity index (χ1v) is 8.94. The molecule has 1 heterocycles. The Hall–Kier alpha value is -2.32. The molecule has 0 radical (unpaired) electrons. The first-order valence-electron chi connectivity index (χ1n) is 7.58. The second-order valence-electron chi connectivity index (χ2n) is 5.28. The lowest BCUT2D eigenvalue weighted by Gasteiger charge is -2.11. The van der Waals surface area contributed by atoms with Gasteiger partial charge in [0, 0.05) is 16.8 Å². The van der Waals surface area contributed by atoms with E-state index >= 15 is 0 Å². The van der Waals surface area contributed by atoms with E-state index in [1.54, 1.807) is 24.3 Å². The Kier molecular flexibility index (Phi) is 5.86. The second-order valence-corrected chi connectivity index (χ2v) is 6.63. The van der Waals surface area contributed by atoms with Crippen molar-refractivity contribution in [3.8, 4) is 11.6 Å². The van der Waals surface area contributed by atoms with Crippen molar-refractivity contribution in [3.63, 3.8) is 0 Å². The third kappa shape index (κ3) is 5.11. The Labute approximate surface area is 161 Å². The summed E-state index contributed by atoms with van der Waals surface area (Å²) in [6.07, 6.45) is -4.70. The van der Waals surface area contributed by atoms with Gasteiger partial charge >= 0.3 is 6.18 Å². The van der Waals surface area contributed by atoms with E-state index in [1.165, 1.54) is 18.2 Å². The highest BCUT2D eigenvalue weighted by Gasteiger charge is 2.34. The van der Waals surface area contributed by atoms with Gasteiger partial charge in [0.05, 0.1) is 0 Å². The molecular formula is C18H11ClF4N2OS. The van der Waals surface area contributed by atoms with E-state index in [2.05, 4.69) is 9.97 Å². The van der Waals surface area contributed by atoms with Gasteiger partial charge in [0.2, 0.25) is 5.88 Å². The zero-order chi connectivity index (χ0) is 19.4. The zero-order valence-corrected chi connectivity index (χ0v) is 15.1. The van der Waals surface area contributed by atoms with Gasteiger partial charge in [0.15, 0.2) is 22.4 Å². The van der Waals surface area contributed by atoms with Gasteiger partial charge in [0.1, 0.15) is 0 Å².